The Bertz CT molecular complexity index is 4850. The Morgan fingerprint density at radius 2 is 0.880 bits per heavy atom. The lowest BCUT2D eigenvalue weighted by molar-refractivity contribution is 0.465. The van der Waals surface area contributed by atoms with E-state index in [2.05, 4.69) is 232 Å². The number of nitrogens with zero attached hydrogens (tertiary/aromatic N) is 3. The average Bonchev–Trinajstić information content (AvgIpc) is 4.17. The minimum absolute atomic E-state index is 0.0519. The van der Waals surface area contributed by atoms with Gasteiger partial charge in [-0.1, -0.05) is 152 Å². The molecule has 0 bridgehead atoms. The zero-order chi connectivity index (χ0) is 48.4. The summed E-state index contributed by atoms with van der Waals surface area (Å²) in [6.07, 6.45) is 0. The summed E-state index contributed by atoms with van der Waals surface area (Å²) in [6.45, 7) is -0.342. The fourth-order valence-electron chi connectivity index (χ4n) is 14.6. The van der Waals surface area contributed by atoms with Crippen LogP contribution in [0.15, 0.2) is 223 Å². The van der Waals surface area contributed by atoms with E-state index in [1.54, 1.807) is 0 Å². The molecule has 1 atom stereocenters. The third-order valence-electron chi connectivity index (χ3n) is 17.4. The number of benzene rings is 11. The van der Waals surface area contributed by atoms with Crippen molar-refractivity contribution in [1.29, 1.82) is 0 Å². The Labute approximate surface area is 430 Å². The van der Waals surface area contributed by atoms with Crippen molar-refractivity contribution in [3.63, 3.8) is 0 Å². The molecule has 19 rings (SSSR count). The van der Waals surface area contributed by atoms with Crippen LogP contribution in [0.5, 0.6) is 23.0 Å². The molecule has 8 heteroatoms. The smallest absolute Gasteiger partial charge is 0.261 e. The van der Waals surface area contributed by atoms with E-state index in [9.17, 15) is 0 Å². The third-order valence-corrected chi connectivity index (χ3v) is 17.4. The maximum Gasteiger partial charge on any atom is 0.261 e. The summed E-state index contributed by atoms with van der Waals surface area (Å²) in [7, 11) is 0. The molecule has 14 aromatic rings. The van der Waals surface area contributed by atoms with Crippen molar-refractivity contribution in [3.05, 3.63) is 235 Å². The van der Waals surface area contributed by atoms with Gasteiger partial charge in [0.25, 0.3) is 13.4 Å². The van der Waals surface area contributed by atoms with Gasteiger partial charge in [0.05, 0.1) is 22.1 Å². The number of hydrogen-bond donors (Lipinski definition) is 0. The standard InChI is InChI=1S/C67H37B2N3O3/c1-2-15-37(16-3-1)60-45-22-14-23-50-64(45)72-65-47(60)35-46-44-21-8-13-28-55(44)75-67(46)63(65)69-49-32-30-39(71-53-26-11-6-19-42(53)43-20-7-12-27-54(43)71)34-57(49)74-59-36-58-61(66(72)62(59)69)68(50)48-31-29-38(33-56(48)73-58)70-51-24-9-4-17-40(51)41-18-5-10-25-52(41)70/h1-36,60H. The van der Waals surface area contributed by atoms with Gasteiger partial charge in [-0.05, 0) is 98.0 Å². The normalized spacial score (nSPS) is 14.9. The van der Waals surface area contributed by atoms with E-state index in [1.165, 1.54) is 66.0 Å². The lowest BCUT2D eigenvalue weighted by Gasteiger charge is -2.51. The molecule has 8 heterocycles. The summed E-state index contributed by atoms with van der Waals surface area (Å²) in [4.78, 5) is 2.60. The number of furan rings is 1. The van der Waals surface area contributed by atoms with Gasteiger partial charge in [0.1, 0.15) is 34.2 Å². The molecule has 0 saturated carbocycles. The largest absolute Gasteiger partial charge is 0.458 e. The van der Waals surface area contributed by atoms with Gasteiger partial charge in [0, 0.05) is 84.9 Å². The van der Waals surface area contributed by atoms with Crippen LogP contribution in [0.3, 0.4) is 0 Å². The fraction of sp³-hybridized carbons (Fsp3) is 0.0149. The second-order valence-corrected chi connectivity index (χ2v) is 21.0. The van der Waals surface area contributed by atoms with Gasteiger partial charge < -0.3 is 27.9 Å². The zero-order valence-electron chi connectivity index (χ0n) is 40.1. The molecule has 0 aliphatic carbocycles. The number of rotatable bonds is 3. The summed E-state index contributed by atoms with van der Waals surface area (Å²) in [5.74, 6) is 3.24. The van der Waals surface area contributed by atoms with Crippen LogP contribution in [0.4, 0.5) is 17.1 Å². The molecule has 6 nitrogen and oxygen atoms in total. The Balaban J connectivity index is 0.921. The molecule has 1 unspecified atom stereocenters. The summed E-state index contributed by atoms with van der Waals surface area (Å²) >= 11 is 0. The number of anilines is 3. The van der Waals surface area contributed by atoms with Gasteiger partial charge in [0.2, 0.25) is 0 Å². The first-order valence-electron chi connectivity index (χ1n) is 26.0. The van der Waals surface area contributed by atoms with E-state index < -0.39 is 0 Å². The first kappa shape index (κ1) is 39.0. The molecular weight excluding hydrogens is 916 g/mol. The molecule has 0 spiro atoms. The first-order valence-corrected chi connectivity index (χ1v) is 26.0. The number of para-hydroxylation sites is 6. The molecule has 5 aliphatic heterocycles. The molecular formula is C67H37B2N3O3. The van der Waals surface area contributed by atoms with Crippen molar-refractivity contribution < 1.29 is 13.9 Å². The molecule has 3 aromatic heterocycles. The molecule has 11 aromatic carbocycles. The molecule has 0 fully saturated rings. The van der Waals surface area contributed by atoms with E-state index in [4.69, 9.17) is 13.9 Å². The summed E-state index contributed by atoms with van der Waals surface area (Å²) < 4.78 is 26.9. The van der Waals surface area contributed by atoms with E-state index in [0.717, 1.165) is 100 Å². The molecule has 0 radical (unpaired) electrons. The van der Waals surface area contributed by atoms with E-state index in [-0.39, 0.29) is 19.3 Å². The maximum absolute atomic E-state index is 7.48. The predicted molar refractivity (Wildman–Crippen MR) is 307 cm³/mol. The first-order chi connectivity index (χ1) is 37.2. The van der Waals surface area contributed by atoms with Crippen molar-refractivity contribution in [2.75, 3.05) is 4.90 Å². The van der Waals surface area contributed by atoms with Crippen LogP contribution in [-0.4, -0.2) is 22.6 Å². The van der Waals surface area contributed by atoms with E-state index in [1.807, 2.05) is 0 Å². The maximum atomic E-state index is 7.48. The van der Waals surface area contributed by atoms with Crippen molar-refractivity contribution in [1.82, 2.24) is 9.13 Å². The Morgan fingerprint density at radius 3 is 1.49 bits per heavy atom. The topological polar surface area (TPSA) is 44.7 Å². The fourth-order valence-corrected chi connectivity index (χ4v) is 14.6. The van der Waals surface area contributed by atoms with Crippen molar-refractivity contribution in [2.45, 2.75) is 5.92 Å². The van der Waals surface area contributed by atoms with Gasteiger partial charge in [-0.25, -0.2) is 0 Å². The van der Waals surface area contributed by atoms with Crippen LogP contribution >= 0.6 is 0 Å². The zero-order valence-corrected chi connectivity index (χ0v) is 40.1. The lowest BCUT2D eigenvalue weighted by atomic mass is 9.29. The number of hydrogen-bond acceptors (Lipinski definition) is 4. The van der Waals surface area contributed by atoms with E-state index >= 15 is 0 Å². The number of aromatic nitrogens is 2. The van der Waals surface area contributed by atoms with Gasteiger partial charge >= 0.3 is 0 Å². The number of ether oxygens (including phenoxy) is 2. The second kappa shape index (κ2) is 13.7. The van der Waals surface area contributed by atoms with Crippen LogP contribution in [0, 0.1) is 0 Å². The van der Waals surface area contributed by atoms with Crippen molar-refractivity contribution in [3.8, 4) is 34.4 Å². The highest BCUT2D eigenvalue weighted by atomic mass is 16.5. The minimum Gasteiger partial charge on any atom is -0.458 e. The van der Waals surface area contributed by atoms with Crippen LogP contribution in [0.2, 0.25) is 0 Å². The molecule has 0 saturated heterocycles. The van der Waals surface area contributed by atoms with Gasteiger partial charge in [-0.15, -0.1) is 0 Å². The van der Waals surface area contributed by atoms with Crippen molar-refractivity contribution >= 4 is 129 Å². The number of fused-ring (bicyclic) bond motifs is 16. The van der Waals surface area contributed by atoms with Crippen LogP contribution in [-0.2, 0) is 0 Å². The Kier molecular flexibility index (Phi) is 7.11. The summed E-state index contributed by atoms with van der Waals surface area (Å²) in [5.41, 5.74) is 23.0. The van der Waals surface area contributed by atoms with Crippen LogP contribution in [0.1, 0.15) is 22.6 Å². The Morgan fingerprint density at radius 1 is 0.347 bits per heavy atom. The predicted octanol–water partition coefficient (Wildman–Crippen LogP) is 12.6. The summed E-state index contributed by atoms with van der Waals surface area (Å²) in [5, 5.41) is 7.15. The van der Waals surface area contributed by atoms with Crippen LogP contribution < -0.4 is 47.2 Å². The molecule has 344 valence electrons. The SMILES string of the molecule is c1ccc(C2c3cccc4c3N3c5c6c(cc7c5B(c5ccc(-n8c9ccccc9c9ccccc98)cc5O7)c5c3c2cc2c5oc3ccccc32)Oc2cc(-n3c5ccccc5c5ccccc53)ccc2B46)cc1. The highest BCUT2D eigenvalue weighted by Gasteiger charge is 2.55. The molecule has 0 amide bonds. The quantitative estimate of drug-likeness (QED) is 0.166. The van der Waals surface area contributed by atoms with Crippen molar-refractivity contribution in [2.24, 2.45) is 0 Å². The monoisotopic (exact) mass is 953 g/mol. The lowest BCUT2D eigenvalue weighted by Crippen LogP contribution is -2.68. The highest BCUT2D eigenvalue weighted by molar-refractivity contribution is 7.04. The van der Waals surface area contributed by atoms with Gasteiger partial charge in [0.15, 0.2) is 0 Å². The average molecular weight is 954 g/mol. The Hall–Kier alpha value is -9.65. The minimum atomic E-state index is -0.228. The second-order valence-electron chi connectivity index (χ2n) is 21.0. The molecule has 75 heavy (non-hydrogen) atoms. The highest BCUT2D eigenvalue weighted by Crippen LogP contribution is 2.56. The third kappa shape index (κ3) is 4.76. The van der Waals surface area contributed by atoms with E-state index in [0.29, 0.717) is 0 Å². The summed E-state index contributed by atoms with van der Waals surface area (Å²) in [6, 6.07) is 80.0. The molecule has 0 N–H and O–H groups in total. The van der Waals surface area contributed by atoms with Gasteiger partial charge in [-0.2, -0.15) is 0 Å². The van der Waals surface area contributed by atoms with Gasteiger partial charge in [-0.3, -0.25) is 0 Å². The van der Waals surface area contributed by atoms with Crippen LogP contribution in [0.25, 0.3) is 76.9 Å². The molecule has 5 aliphatic rings.